The molecule has 0 fully saturated rings. The minimum Gasteiger partial charge on any atom is -0.320 e. The SMILES string of the molecule is C=N/C=c1/[nH]c(=O)c(-c2ccc(C)cc2)cc1=C.CC. The molecule has 2 rings (SSSR count). The molecule has 0 amide bonds. The average molecular weight is 268 g/mol. The molecule has 0 aliphatic rings. The van der Waals surface area contributed by atoms with Crippen LogP contribution in [-0.4, -0.2) is 11.7 Å². The molecule has 1 N–H and O–H groups in total. The van der Waals surface area contributed by atoms with Gasteiger partial charge in [-0.1, -0.05) is 50.3 Å². The van der Waals surface area contributed by atoms with Gasteiger partial charge in [0, 0.05) is 5.56 Å². The van der Waals surface area contributed by atoms with Crippen LogP contribution in [0.3, 0.4) is 0 Å². The van der Waals surface area contributed by atoms with Gasteiger partial charge in [-0.25, -0.2) is 0 Å². The molecule has 2 aromatic rings. The molecule has 0 spiro atoms. The highest BCUT2D eigenvalue weighted by molar-refractivity contribution is 5.62. The predicted molar refractivity (Wildman–Crippen MR) is 87.4 cm³/mol. The first-order valence-corrected chi connectivity index (χ1v) is 6.57. The molecule has 3 heteroatoms. The molecule has 104 valence electrons. The molecule has 0 saturated carbocycles. The maximum absolute atomic E-state index is 12.0. The van der Waals surface area contributed by atoms with E-state index in [-0.39, 0.29) is 5.56 Å². The van der Waals surface area contributed by atoms with E-state index in [2.05, 4.69) is 23.3 Å². The van der Waals surface area contributed by atoms with Gasteiger partial charge in [0.15, 0.2) is 0 Å². The lowest BCUT2D eigenvalue weighted by atomic mass is 10.1. The maximum Gasteiger partial charge on any atom is 0.256 e. The molecule has 0 bridgehead atoms. The molecular formula is C17H20N2O. The van der Waals surface area contributed by atoms with Crippen LogP contribution in [0.1, 0.15) is 19.4 Å². The van der Waals surface area contributed by atoms with Gasteiger partial charge in [0.1, 0.15) is 0 Å². The third-order valence-corrected chi connectivity index (χ3v) is 2.74. The molecule has 1 heterocycles. The van der Waals surface area contributed by atoms with Crippen molar-refractivity contribution in [3.05, 3.63) is 56.8 Å². The van der Waals surface area contributed by atoms with E-state index in [0.717, 1.165) is 16.3 Å². The second-order valence-electron chi connectivity index (χ2n) is 4.13. The molecular weight excluding hydrogens is 248 g/mol. The van der Waals surface area contributed by atoms with Gasteiger partial charge in [-0.15, -0.1) is 0 Å². The van der Waals surface area contributed by atoms with Gasteiger partial charge < -0.3 is 4.98 Å². The number of benzene rings is 1. The van der Waals surface area contributed by atoms with Crippen molar-refractivity contribution in [1.29, 1.82) is 0 Å². The van der Waals surface area contributed by atoms with E-state index in [1.807, 2.05) is 45.0 Å². The molecule has 0 unspecified atom stereocenters. The Morgan fingerprint density at radius 1 is 1.20 bits per heavy atom. The Morgan fingerprint density at radius 2 is 1.80 bits per heavy atom. The van der Waals surface area contributed by atoms with Crippen LogP contribution < -0.4 is 16.1 Å². The lowest BCUT2D eigenvalue weighted by molar-refractivity contribution is 1.15. The predicted octanol–water partition coefficient (Wildman–Crippen LogP) is 2.23. The normalized spacial score (nSPS) is 10.7. The zero-order valence-electron chi connectivity index (χ0n) is 12.2. The summed E-state index contributed by atoms with van der Waals surface area (Å²) in [5, 5.41) is 1.31. The number of aliphatic imine (C=N–C) groups is 1. The van der Waals surface area contributed by atoms with Crippen LogP contribution in [0.2, 0.25) is 0 Å². The first kappa shape index (κ1) is 15.6. The van der Waals surface area contributed by atoms with E-state index in [9.17, 15) is 4.79 Å². The van der Waals surface area contributed by atoms with Crippen LogP contribution in [0.25, 0.3) is 23.9 Å². The zero-order chi connectivity index (χ0) is 15.1. The number of aromatic nitrogens is 1. The summed E-state index contributed by atoms with van der Waals surface area (Å²) < 4.78 is 0. The van der Waals surface area contributed by atoms with Gasteiger partial charge in [-0.2, -0.15) is 0 Å². The summed E-state index contributed by atoms with van der Waals surface area (Å²) in [6.45, 7) is 13.3. The Hall–Kier alpha value is -2.42. The molecule has 20 heavy (non-hydrogen) atoms. The van der Waals surface area contributed by atoms with Crippen LogP contribution in [0.5, 0.6) is 0 Å². The van der Waals surface area contributed by atoms with Crippen LogP contribution in [0, 0.1) is 6.92 Å². The van der Waals surface area contributed by atoms with Gasteiger partial charge in [0.05, 0.1) is 11.5 Å². The van der Waals surface area contributed by atoms with Gasteiger partial charge >= 0.3 is 0 Å². The largest absolute Gasteiger partial charge is 0.320 e. The molecule has 0 aliphatic carbocycles. The van der Waals surface area contributed by atoms with Gasteiger partial charge in [-0.05, 0) is 30.5 Å². The zero-order valence-corrected chi connectivity index (χ0v) is 12.2. The number of nitrogens with one attached hydrogen (secondary N) is 1. The van der Waals surface area contributed by atoms with Crippen molar-refractivity contribution in [2.75, 3.05) is 0 Å². The van der Waals surface area contributed by atoms with E-state index >= 15 is 0 Å². The second kappa shape index (κ2) is 7.24. The summed E-state index contributed by atoms with van der Waals surface area (Å²) in [6, 6.07) is 9.56. The Bertz CT molecular complexity index is 740. The molecule has 1 aromatic heterocycles. The standard InChI is InChI=1S/C15H14N2O.C2H6/c1-10-4-6-12(7-5-10)13-8-11(2)14(9-16-3)17-15(13)18;1-2/h4-9H,2-3H2,1H3,(H,17,18);1-2H3/b14-9+;. The molecule has 0 atom stereocenters. The van der Waals surface area contributed by atoms with E-state index in [0.29, 0.717) is 10.9 Å². The molecule has 1 aromatic carbocycles. The number of nitrogens with zero attached hydrogens (tertiary/aromatic N) is 1. The summed E-state index contributed by atoms with van der Waals surface area (Å²) in [5.74, 6) is 0. The van der Waals surface area contributed by atoms with Crippen molar-refractivity contribution in [2.45, 2.75) is 20.8 Å². The first-order chi connectivity index (χ1) is 9.61. The lowest BCUT2D eigenvalue weighted by Gasteiger charge is -2.01. The van der Waals surface area contributed by atoms with Gasteiger partial charge in [0.2, 0.25) is 0 Å². The molecule has 3 nitrogen and oxygen atoms in total. The lowest BCUT2D eigenvalue weighted by Crippen LogP contribution is -2.33. The van der Waals surface area contributed by atoms with Crippen LogP contribution in [-0.2, 0) is 0 Å². The third kappa shape index (κ3) is 3.54. The number of hydrogen-bond acceptors (Lipinski definition) is 2. The third-order valence-electron chi connectivity index (χ3n) is 2.74. The van der Waals surface area contributed by atoms with Crippen molar-refractivity contribution in [2.24, 2.45) is 4.99 Å². The van der Waals surface area contributed by atoms with Crippen LogP contribution in [0.15, 0.2) is 40.1 Å². The second-order valence-corrected chi connectivity index (χ2v) is 4.13. The van der Waals surface area contributed by atoms with Crippen molar-refractivity contribution in [3.63, 3.8) is 0 Å². The summed E-state index contributed by atoms with van der Waals surface area (Å²) in [7, 11) is 0. The molecule has 0 aliphatic heterocycles. The number of aryl methyl sites for hydroxylation is 1. The van der Waals surface area contributed by atoms with Crippen LogP contribution in [0.4, 0.5) is 0 Å². The quantitative estimate of drug-likeness (QED) is 0.834. The summed E-state index contributed by atoms with van der Waals surface area (Å²) >= 11 is 0. The van der Waals surface area contributed by atoms with Crippen molar-refractivity contribution in [3.8, 4) is 11.1 Å². The first-order valence-electron chi connectivity index (χ1n) is 6.57. The fourth-order valence-corrected chi connectivity index (χ4v) is 1.74. The smallest absolute Gasteiger partial charge is 0.256 e. The van der Waals surface area contributed by atoms with Crippen molar-refractivity contribution < 1.29 is 0 Å². The average Bonchev–Trinajstić information content (AvgIpc) is 2.46. The van der Waals surface area contributed by atoms with Crippen molar-refractivity contribution >= 4 is 19.5 Å². The Kier molecular flexibility index (Phi) is 5.66. The van der Waals surface area contributed by atoms with E-state index < -0.39 is 0 Å². The number of aromatic amines is 1. The van der Waals surface area contributed by atoms with Crippen molar-refractivity contribution in [1.82, 2.24) is 4.98 Å². The summed E-state index contributed by atoms with van der Waals surface area (Å²) in [5.41, 5.74) is 2.50. The monoisotopic (exact) mass is 268 g/mol. The van der Waals surface area contributed by atoms with Gasteiger partial charge in [0.25, 0.3) is 5.56 Å². The number of H-pyrrole nitrogens is 1. The molecule has 0 radical (unpaired) electrons. The Balaban J connectivity index is 0.000000956. The van der Waals surface area contributed by atoms with E-state index in [4.69, 9.17) is 0 Å². The minimum absolute atomic E-state index is 0.152. The Morgan fingerprint density at radius 3 is 2.35 bits per heavy atom. The number of pyridine rings is 1. The summed E-state index contributed by atoms with van der Waals surface area (Å²) in [4.78, 5) is 18.4. The van der Waals surface area contributed by atoms with Gasteiger partial charge in [-0.3, -0.25) is 9.79 Å². The maximum atomic E-state index is 12.0. The van der Waals surface area contributed by atoms with Crippen LogP contribution >= 0.6 is 0 Å². The number of hydrogen-bond donors (Lipinski definition) is 1. The minimum atomic E-state index is -0.152. The molecule has 0 saturated heterocycles. The highest BCUT2D eigenvalue weighted by Gasteiger charge is 2.02. The Labute approximate surface area is 119 Å². The topological polar surface area (TPSA) is 45.2 Å². The highest BCUT2D eigenvalue weighted by atomic mass is 16.1. The number of rotatable bonds is 2. The summed E-state index contributed by atoms with van der Waals surface area (Å²) in [6.07, 6.45) is 1.49. The van der Waals surface area contributed by atoms with E-state index in [1.165, 1.54) is 6.20 Å². The van der Waals surface area contributed by atoms with E-state index in [1.54, 1.807) is 6.07 Å². The fraction of sp³-hybridized carbons (Fsp3) is 0.176. The highest BCUT2D eigenvalue weighted by Crippen LogP contribution is 2.13. The fourth-order valence-electron chi connectivity index (χ4n) is 1.74.